The van der Waals surface area contributed by atoms with E-state index in [-0.39, 0.29) is 6.04 Å². The van der Waals surface area contributed by atoms with Crippen LogP contribution in [0, 0.1) is 0 Å². The Hall–Kier alpha value is -1.42. The van der Waals surface area contributed by atoms with Gasteiger partial charge in [0.15, 0.2) is 5.65 Å². The van der Waals surface area contributed by atoms with E-state index in [1.54, 1.807) is 4.68 Å². The molecule has 0 radical (unpaired) electrons. The lowest BCUT2D eigenvalue weighted by molar-refractivity contribution is 0.735. The Kier molecular flexibility index (Phi) is 2.21. The highest BCUT2D eigenvalue weighted by Crippen LogP contribution is 2.12. The van der Waals surface area contributed by atoms with Gasteiger partial charge in [-0.3, -0.25) is 4.68 Å². The summed E-state index contributed by atoms with van der Waals surface area (Å²) in [6, 6.07) is 2.27. The van der Waals surface area contributed by atoms with Crippen LogP contribution in [0.1, 0.15) is 12.5 Å². The summed E-state index contributed by atoms with van der Waals surface area (Å²) in [5.74, 6) is 0. The van der Waals surface area contributed by atoms with Crippen molar-refractivity contribution in [2.24, 2.45) is 12.8 Å². The van der Waals surface area contributed by atoms with E-state index in [1.165, 1.54) is 5.56 Å². The van der Waals surface area contributed by atoms with Crippen LogP contribution in [0.25, 0.3) is 11.0 Å². The molecule has 0 aliphatic rings. The van der Waals surface area contributed by atoms with Crippen molar-refractivity contribution in [3.63, 3.8) is 0 Å². The van der Waals surface area contributed by atoms with Gasteiger partial charge >= 0.3 is 0 Å². The molecular weight excluding hydrogens is 176 g/mol. The molecule has 4 heteroatoms. The molecule has 0 aliphatic carbocycles. The molecular formula is C10H14N4. The van der Waals surface area contributed by atoms with Crippen LogP contribution >= 0.6 is 0 Å². The van der Waals surface area contributed by atoms with Gasteiger partial charge in [-0.15, -0.1) is 0 Å². The number of fused-ring (bicyclic) bond motifs is 1. The largest absolute Gasteiger partial charge is 0.328 e. The van der Waals surface area contributed by atoms with Crippen molar-refractivity contribution < 1.29 is 0 Å². The number of nitrogens with two attached hydrogens (primary N) is 1. The third kappa shape index (κ3) is 1.61. The Morgan fingerprint density at radius 3 is 3.00 bits per heavy atom. The number of rotatable bonds is 2. The first-order chi connectivity index (χ1) is 6.66. The summed E-state index contributed by atoms with van der Waals surface area (Å²) in [6.45, 7) is 1.99. The second kappa shape index (κ2) is 3.38. The molecule has 2 N–H and O–H groups in total. The van der Waals surface area contributed by atoms with Gasteiger partial charge in [0.2, 0.25) is 0 Å². The summed E-state index contributed by atoms with van der Waals surface area (Å²) in [5.41, 5.74) is 7.81. The first-order valence-electron chi connectivity index (χ1n) is 4.69. The average molecular weight is 190 g/mol. The smallest absolute Gasteiger partial charge is 0.157 e. The van der Waals surface area contributed by atoms with E-state index in [2.05, 4.69) is 16.1 Å². The van der Waals surface area contributed by atoms with E-state index >= 15 is 0 Å². The van der Waals surface area contributed by atoms with E-state index < -0.39 is 0 Å². The molecule has 2 aromatic heterocycles. The molecule has 0 fully saturated rings. The molecule has 0 amide bonds. The van der Waals surface area contributed by atoms with E-state index in [9.17, 15) is 0 Å². The van der Waals surface area contributed by atoms with Crippen LogP contribution in [0.2, 0.25) is 0 Å². The molecule has 14 heavy (non-hydrogen) atoms. The number of aromatic nitrogens is 3. The van der Waals surface area contributed by atoms with Gasteiger partial charge in [-0.25, -0.2) is 4.98 Å². The zero-order valence-corrected chi connectivity index (χ0v) is 8.44. The topological polar surface area (TPSA) is 56.7 Å². The van der Waals surface area contributed by atoms with Crippen molar-refractivity contribution in [2.45, 2.75) is 19.4 Å². The van der Waals surface area contributed by atoms with Crippen LogP contribution in [0.5, 0.6) is 0 Å². The summed E-state index contributed by atoms with van der Waals surface area (Å²) in [6.07, 6.45) is 4.55. The highest BCUT2D eigenvalue weighted by Gasteiger charge is 2.03. The van der Waals surface area contributed by atoms with Crippen LogP contribution in [-0.2, 0) is 13.5 Å². The molecule has 1 unspecified atom stereocenters. The van der Waals surface area contributed by atoms with Gasteiger partial charge in [-0.2, -0.15) is 5.10 Å². The quantitative estimate of drug-likeness (QED) is 0.764. The molecule has 2 rings (SSSR count). The minimum absolute atomic E-state index is 0.172. The van der Waals surface area contributed by atoms with Crippen LogP contribution in [-0.4, -0.2) is 20.8 Å². The maximum Gasteiger partial charge on any atom is 0.157 e. The predicted molar refractivity (Wildman–Crippen MR) is 55.9 cm³/mol. The van der Waals surface area contributed by atoms with Crippen molar-refractivity contribution in [3.8, 4) is 0 Å². The lowest BCUT2D eigenvalue weighted by Crippen LogP contribution is -2.17. The van der Waals surface area contributed by atoms with E-state index in [0.29, 0.717) is 0 Å². The van der Waals surface area contributed by atoms with Crippen LogP contribution < -0.4 is 5.73 Å². The van der Waals surface area contributed by atoms with Crippen molar-refractivity contribution in [1.82, 2.24) is 14.8 Å². The van der Waals surface area contributed by atoms with Crippen molar-refractivity contribution in [2.75, 3.05) is 0 Å². The summed E-state index contributed by atoms with van der Waals surface area (Å²) in [4.78, 5) is 4.34. The second-order valence-corrected chi connectivity index (χ2v) is 3.71. The van der Waals surface area contributed by atoms with Crippen molar-refractivity contribution in [3.05, 3.63) is 24.0 Å². The van der Waals surface area contributed by atoms with Gasteiger partial charge in [0.1, 0.15) is 0 Å². The van der Waals surface area contributed by atoms with E-state index in [1.807, 2.05) is 26.4 Å². The second-order valence-electron chi connectivity index (χ2n) is 3.71. The fraction of sp³-hybridized carbons (Fsp3) is 0.400. The maximum absolute atomic E-state index is 5.73. The number of nitrogens with zero attached hydrogens (tertiary/aromatic N) is 3. The fourth-order valence-electron chi connectivity index (χ4n) is 1.57. The first-order valence-corrected chi connectivity index (χ1v) is 4.69. The standard InChI is InChI=1S/C10H14N4/c1-7(11)3-8-4-9-6-13-14(2)10(9)12-5-8/h4-7H,3,11H2,1-2H3. The fourth-order valence-corrected chi connectivity index (χ4v) is 1.57. The summed E-state index contributed by atoms with van der Waals surface area (Å²) >= 11 is 0. The summed E-state index contributed by atoms with van der Waals surface area (Å²) in [7, 11) is 1.89. The normalized spacial score (nSPS) is 13.4. The number of pyridine rings is 1. The monoisotopic (exact) mass is 190 g/mol. The molecule has 0 spiro atoms. The van der Waals surface area contributed by atoms with E-state index in [0.717, 1.165) is 17.5 Å². The lowest BCUT2D eigenvalue weighted by atomic mass is 10.1. The molecule has 0 saturated heterocycles. The van der Waals surface area contributed by atoms with Crippen LogP contribution in [0.3, 0.4) is 0 Å². The Bertz CT molecular complexity index is 444. The predicted octanol–water partition coefficient (Wildman–Crippen LogP) is 0.858. The van der Waals surface area contributed by atoms with Gasteiger partial charge < -0.3 is 5.73 Å². The Balaban J connectivity index is 2.42. The molecule has 0 aromatic carbocycles. The Morgan fingerprint density at radius 1 is 1.50 bits per heavy atom. The summed E-state index contributed by atoms with van der Waals surface area (Å²) < 4.78 is 1.77. The number of hydrogen-bond acceptors (Lipinski definition) is 3. The molecule has 2 heterocycles. The highest BCUT2D eigenvalue weighted by molar-refractivity contribution is 5.74. The molecule has 0 saturated carbocycles. The molecule has 4 nitrogen and oxygen atoms in total. The zero-order chi connectivity index (χ0) is 10.1. The molecule has 74 valence electrons. The first kappa shape index (κ1) is 9.15. The SMILES string of the molecule is CC(N)Cc1cnc2c(cnn2C)c1. The van der Waals surface area contributed by atoms with Gasteiger partial charge in [-0.1, -0.05) is 0 Å². The molecule has 2 aromatic rings. The Morgan fingerprint density at radius 2 is 2.29 bits per heavy atom. The average Bonchev–Trinajstić information content (AvgIpc) is 2.46. The lowest BCUT2D eigenvalue weighted by Gasteiger charge is -2.04. The number of hydrogen-bond donors (Lipinski definition) is 1. The van der Waals surface area contributed by atoms with E-state index in [4.69, 9.17) is 5.73 Å². The van der Waals surface area contributed by atoms with Crippen molar-refractivity contribution >= 4 is 11.0 Å². The molecule has 0 aliphatic heterocycles. The molecule has 1 atom stereocenters. The third-order valence-electron chi connectivity index (χ3n) is 2.19. The Labute approximate surface area is 82.7 Å². The summed E-state index contributed by atoms with van der Waals surface area (Å²) in [5, 5.41) is 5.21. The maximum atomic E-state index is 5.73. The van der Waals surface area contributed by atoms with Crippen molar-refractivity contribution in [1.29, 1.82) is 0 Å². The van der Waals surface area contributed by atoms with Crippen LogP contribution in [0.15, 0.2) is 18.5 Å². The van der Waals surface area contributed by atoms with Gasteiger partial charge in [-0.05, 0) is 25.0 Å². The minimum Gasteiger partial charge on any atom is -0.328 e. The highest BCUT2D eigenvalue weighted by atomic mass is 15.3. The van der Waals surface area contributed by atoms with Gasteiger partial charge in [0, 0.05) is 24.7 Å². The third-order valence-corrected chi connectivity index (χ3v) is 2.19. The number of aryl methyl sites for hydroxylation is 1. The zero-order valence-electron chi connectivity index (χ0n) is 8.44. The van der Waals surface area contributed by atoms with Crippen LogP contribution in [0.4, 0.5) is 0 Å². The van der Waals surface area contributed by atoms with Gasteiger partial charge in [0.05, 0.1) is 6.20 Å². The molecule has 0 bridgehead atoms. The van der Waals surface area contributed by atoms with Gasteiger partial charge in [0.25, 0.3) is 0 Å². The minimum atomic E-state index is 0.172.